The summed E-state index contributed by atoms with van der Waals surface area (Å²) in [5, 5.41) is 11.1. The largest absolute Gasteiger partial charge is 0.467 e. The summed E-state index contributed by atoms with van der Waals surface area (Å²) in [5.41, 5.74) is 0.319. The Hall–Kier alpha value is -2.45. The SMILES string of the molecule is O=C1/C(=C\c2ccccc2[N+](=O)[O-])SC(=S)N1Cc1ccco1. The maximum absolute atomic E-state index is 12.5. The highest BCUT2D eigenvalue weighted by Gasteiger charge is 2.33. The van der Waals surface area contributed by atoms with Gasteiger partial charge in [0, 0.05) is 6.07 Å². The van der Waals surface area contributed by atoms with Crippen molar-refractivity contribution in [3.8, 4) is 0 Å². The van der Waals surface area contributed by atoms with Gasteiger partial charge in [0.2, 0.25) is 0 Å². The Bertz CT molecular complexity index is 815. The topological polar surface area (TPSA) is 76.6 Å². The summed E-state index contributed by atoms with van der Waals surface area (Å²) < 4.78 is 5.62. The Morgan fingerprint density at radius 1 is 1.30 bits per heavy atom. The molecule has 1 aliphatic rings. The number of nitro groups is 1. The van der Waals surface area contributed by atoms with Crippen LogP contribution in [0.25, 0.3) is 6.08 Å². The molecule has 0 unspecified atom stereocenters. The molecule has 0 bridgehead atoms. The number of nitro benzene ring substituents is 1. The van der Waals surface area contributed by atoms with Crippen molar-refractivity contribution in [2.75, 3.05) is 0 Å². The van der Waals surface area contributed by atoms with E-state index in [2.05, 4.69) is 0 Å². The summed E-state index contributed by atoms with van der Waals surface area (Å²) in [7, 11) is 0. The highest BCUT2D eigenvalue weighted by molar-refractivity contribution is 8.26. The summed E-state index contributed by atoms with van der Waals surface area (Å²) in [4.78, 5) is 24.8. The van der Waals surface area contributed by atoms with Crippen LogP contribution in [0.5, 0.6) is 0 Å². The fourth-order valence-corrected chi connectivity index (χ4v) is 3.36. The Morgan fingerprint density at radius 2 is 2.09 bits per heavy atom. The van der Waals surface area contributed by atoms with Crippen molar-refractivity contribution in [1.29, 1.82) is 0 Å². The maximum atomic E-state index is 12.5. The molecule has 1 saturated heterocycles. The monoisotopic (exact) mass is 346 g/mol. The summed E-state index contributed by atoms with van der Waals surface area (Å²) in [6.45, 7) is 0.242. The van der Waals surface area contributed by atoms with Crippen molar-refractivity contribution in [2.24, 2.45) is 0 Å². The minimum atomic E-state index is -0.477. The van der Waals surface area contributed by atoms with Crippen LogP contribution in [0.1, 0.15) is 11.3 Å². The fourth-order valence-electron chi connectivity index (χ4n) is 2.11. The lowest BCUT2D eigenvalue weighted by Crippen LogP contribution is -2.27. The van der Waals surface area contributed by atoms with Gasteiger partial charge in [-0.1, -0.05) is 36.1 Å². The van der Waals surface area contributed by atoms with E-state index >= 15 is 0 Å². The number of nitrogens with zero attached hydrogens (tertiary/aromatic N) is 2. The van der Waals surface area contributed by atoms with Crippen molar-refractivity contribution in [2.45, 2.75) is 6.54 Å². The summed E-state index contributed by atoms with van der Waals surface area (Å²) in [6, 6.07) is 9.74. The van der Waals surface area contributed by atoms with Crippen molar-refractivity contribution in [3.05, 3.63) is 69.0 Å². The van der Waals surface area contributed by atoms with Crippen LogP contribution in [-0.4, -0.2) is 20.1 Å². The number of carbonyl (C=O) groups excluding carboxylic acids is 1. The number of amides is 1. The molecule has 1 aliphatic heterocycles. The Morgan fingerprint density at radius 3 is 2.78 bits per heavy atom. The van der Waals surface area contributed by atoms with Crippen molar-refractivity contribution in [3.63, 3.8) is 0 Å². The second kappa shape index (κ2) is 6.35. The third-order valence-electron chi connectivity index (χ3n) is 3.19. The van der Waals surface area contributed by atoms with Gasteiger partial charge in [-0.3, -0.25) is 19.8 Å². The van der Waals surface area contributed by atoms with Crippen LogP contribution in [0.15, 0.2) is 52.0 Å². The van der Waals surface area contributed by atoms with Crippen LogP contribution in [0, 0.1) is 10.1 Å². The normalized spacial score (nSPS) is 16.3. The second-order valence-corrected chi connectivity index (χ2v) is 6.34. The lowest BCUT2D eigenvalue weighted by Gasteiger charge is -2.11. The summed E-state index contributed by atoms with van der Waals surface area (Å²) >= 11 is 6.34. The zero-order valence-corrected chi connectivity index (χ0v) is 13.3. The quantitative estimate of drug-likeness (QED) is 0.364. The molecule has 0 spiro atoms. The summed E-state index contributed by atoms with van der Waals surface area (Å²) in [5.74, 6) is 0.336. The molecule has 0 N–H and O–H groups in total. The number of carbonyl (C=O) groups is 1. The highest BCUT2D eigenvalue weighted by atomic mass is 32.2. The van der Waals surface area contributed by atoms with E-state index in [-0.39, 0.29) is 18.1 Å². The molecule has 0 atom stereocenters. The number of thiocarbonyl (C=S) groups is 1. The first-order valence-electron chi connectivity index (χ1n) is 6.57. The van der Waals surface area contributed by atoms with Crippen LogP contribution in [0.2, 0.25) is 0 Å². The molecular formula is C15H10N2O4S2. The third kappa shape index (κ3) is 3.17. The molecule has 6 nitrogen and oxygen atoms in total. The molecule has 2 heterocycles. The van der Waals surface area contributed by atoms with Crippen LogP contribution in [0.3, 0.4) is 0 Å². The predicted octanol–water partition coefficient (Wildman–Crippen LogP) is 3.59. The molecule has 1 aromatic heterocycles. The van der Waals surface area contributed by atoms with E-state index in [1.807, 2.05) is 0 Å². The van der Waals surface area contributed by atoms with Crippen LogP contribution < -0.4 is 0 Å². The molecule has 1 fully saturated rings. The van der Waals surface area contributed by atoms with Gasteiger partial charge in [-0.2, -0.15) is 0 Å². The van der Waals surface area contributed by atoms with Crippen LogP contribution in [-0.2, 0) is 11.3 Å². The number of rotatable bonds is 4. The van der Waals surface area contributed by atoms with Gasteiger partial charge in [-0.05, 0) is 24.3 Å². The van der Waals surface area contributed by atoms with E-state index in [0.717, 1.165) is 11.8 Å². The number of benzene rings is 1. The maximum Gasteiger partial charge on any atom is 0.276 e. The molecule has 0 saturated carbocycles. The van der Waals surface area contributed by atoms with Crippen LogP contribution >= 0.6 is 24.0 Å². The number of hydrogen-bond donors (Lipinski definition) is 0. The highest BCUT2D eigenvalue weighted by Crippen LogP contribution is 2.35. The lowest BCUT2D eigenvalue weighted by molar-refractivity contribution is -0.385. The first-order valence-corrected chi connectivity index (χ1v) is 7.80. The van der Waals surface area contributed by atoms with E-state index in [1.165, 1.54) is 23.3 Å². The minimum Gasteiger partial charge on any atom is -0.467 e. The van der Waals surface area contributed by atoms with Gasteiger partial charge >= 0.3 is 0 Å². The van der Waals surface area contributed by atoms with E-state index in [4.69, 9.17) is 16.6 Å². The third-order valence-corrected chi connectivity index (χ3v) is 4.57. The number of para-hydroxylation sites is 1. The number of thioether (sulfide) groups is 1. The standard InChI is InChI=1S/C15H10N2O4S2/c18-14-13(8-10-4-1-2-6-12(10)17(19)20)23-15(22)16(14)9-11-5-3-7-21-11/h1-8H,9H2/b13-8+. The molecule has 1 amide bonds. The average Bonchev–Trinajstić information content (AvgIpc) is 3.12. The molecule has 116 valence electrons. The van der Waals surface area contributed by atoms with E-state index in [0.29, 0.717) is 20.5 Å². The van der Waals surface area contributed by atoms with E-state index < -0.39 is 4.92 Å². The van der Waals surface area contributed by atoms with Crippen molar-refractivity contribution >= 4 is 46.0 Å². The zero-order valence-electron chi connectivity index (χ0n) is 11.7. The minimum absolute atomic E-state index is 0.0520. The van der Waals surface area contributed by atoms with E-state index in [9.17, 15) is 14.9 Å². The molecule has 8 heteroatoms. The van der Waals surface area contributed by atoms with Gasteiger partial charge < -0.3 is 4.42 Å². The van der Waals surface area contributed by atoms with Gasteiger partial charge in [-0.15, -0.1) is 0 Å². The van der Waals surface area contributed by atoms with Crippen LogP contribution in [0.4, 0.5) is 5.69 Å². The van der Waals surface area contributed by atoms with Crippen molar-refractivity contribution < 1.29 is 14.1 Å². The van der Waals surface area contributed by atoms with Gasteiger partial charge in [-0.25, -0.2) is 0 Å². The average molecular weight is 346 g/mol. The molecule has 1 aromatic carbocycles. The molecule has 0 radical (unpaired) electrons. The first kappa shape index (κ1) is 15.4. The predicted molar refractivity (Wildman–Crippen MR) is 90.5 cm³/mol. The molecule has 3 rings (SSSR count). The van der Waals surface area contributed by atoms with E-state index in [1.54, 1.807) is 30.3 Å². The van der Waals surface area contributed by atoms with Gasteiger partial charge in [0.15, 0.2) is 0 Å². The molecular weight excluding hydrogens is 336 g/mol. The fraction of sp³-hybridized carbons (Fsp3) is 0.0667. The second-order valence-electron chi connectivity index (χ2n) is 4.66. The molecule has 0 aliphatic carbocycles. The van der Waals surface area contributed by atoms with Crippen molar-refractivity contribution in [1.82, 2.24) is 4.90 Å². The van der Waals surface area contributed by atoms with Gasteiger partial charge in [0.05, 0.1) is 28.2 Å². The Kier molecular flexibility index (Phi) is 4.26. The van der Waals surface area contributed by atoms with Gasteiger partial charge in [0.1, 0.15) is 10.1 Å². The number of hydrogen-bond acceptors (Lipinski definition) is 6. The number of furan rings is 1. The smallest absolute Gasteiger partial charge is 0.276 e. The lowest BCUT2D eigenvalue weighted by atomic mass is 10.1. The Labute approximate surface area is 140 Å². The first-order chi connectivity index (χ1) is 11.1. The molecule has 2 aromatic rings. The summed E-state index contributed by atoms with van der Waals surface area (Å²) in [6.07, 6.45) is 3.02. The zero-order chi connectivity index (χ0) is 16.4. The molecule has 23 heavy (non-hydrogen) atoms. The Balaban J connectivity index is 1.89. The van der Waals surface area contributed by atoms with Gasteiger partial charge in [0.25, 0.3) is 11.6 Å².